The minimum atomic E-state index is -1.21. The molecule has 0 bridgehead atoms. The lowest BCUT2D eigenvalue weighted by Crippen LogP contribution is -2.37. The molecule has 1 unspecified atom stereocenters. The van der Waals surface area contributed by atoms with Gasteiger partial charge in [0.2, 0.25) is 5.91 Å². The first-order chi connectivity index (χ1) is 8.81. The summed E-state index contributed by atoms with van der Waals surface area (Å²) in [7, 11) is 1.55. The molecular formula is C13H17FN2O3. The quantitative estimate of drug-likeness (QED) is 0.831. The summed E-state index contributed by atoms with van der Waals surface area (Å²) >= 11 is 0. The Morgan fingerprint density at radius 3 is 2.63 bits per heavy atom. The van der Waals surface area contributed by atoms with Gasteiger partial charge in [0.1, 0.15) is 11.9 Å². The Bertz CT molecular complexity index is 491. The number of carbonyl (C=O) groups excluding carboxylic acids is 1. The van der Waals surface area contributed by atoms with Crippen molar-refractivity contribution in [3.63, 3.8) is 0 Å². The van der Waals surface area contributed by atoms with Crippen molar-refractivity contribution in [2.75, 3.05) is 7.05 Å². The zero-order chi connectivity index (χ0) is 14.6. The second-order valence-electron chi connectivity index (χ2n) is 4.48. The van der Waals surface area contributed by atoms with E-state index in [0.29, 0.717) is 5.56 Å². The number of aliphatic carboxylic acids is 1. The van der Waals surface area contributed by atoms with Crippen molar-refractivity contribution in [2.45, 2.75) is 25.9 Å². The molecule has 0 heterocycles. The summed E-state index contributed by atoms with van der Waals surface area (Å²) in [6, 6.07) is 3.37. The highest BCUT2D eigenvalue weighted by Crippen LogP contribution is 2.11. The van der Waals surface area contributed by atoms with Gasteiger partial charge in [0.25, 0.3) is 0 Å². The summed E-state index contributed by atoms with van der Waals surface area (Å²) in [5, 5.41) is 8.63. The lowest BCUT2D eigenvalue weighted by Gasteiger charge is -2.18. The van der Waals surface area contributed by atoms with Gasteiger partial charge in [-0.3, -0.25) is 9.59 Å². The lowest BCUT2D eigenvalue weighted by atomic mass is 10.1. The Morgan fingerprint density at radius 1 is 1.47 bits per heavy atom. The highest BCUT2D eigenvalue weighted by atomic mass is 19.1. The van der Waals surface area contributed by atoms with E-state index in [2.05, 4.69) is 0 Å². The molecule has 0 saturated carbocycles. The Balaban J connectivity index is 2.63. The van der Waals surface area contributed by atoms with Crippen LogP contribution < -0.4 is 5.73 Å². The minimum absolute atomic E-state index is 0.258. The van der Waals surface area contributed by atoms with E-state index in [1.54, 1.807) is 26.1 Å². The second kappa shape index (κ2) is 6.29. The van der Waals surface area contributed by atoms with Crippen LogP contribution in [0.15, 0.2) is 18.2 Å². The number of nitrogens with two attached hydrogens (primary N) is 1. The number of aryl methyl sites for hydroxylation is 1. The fraction of sp³-hybridized carbons (Fsp3) is 0.385. The van der Waals surface area contributed by atoms with Crippen LogP contribution in [0.5, 0.6) is 0 Å². The first-order valence-corrected chi connectivity index (χ1v) is 5.78. The zero-order valence-corrected chi connectivity index (χ0v) is 10.9. The second-order valence-corrected chi connectivity index (χ2v) is 4.48. The Labute approximate surface area is 110 Å². The Hall–Kier alpha value is -1.95. The molecule has 0 aliphatic heterocycles. The van der Waals surface area contributed by atoms with Gasteiger partial charge in [-0.25, -0.2) is 4.39 Å². The summed E-state index contributed by atoms with van der Waals surface area (Å²) in [6.07, 6.45) is -0.258. The number of halogens is 1. The first kappa shape index (κ1) is 15.1. The number of carboxylic acids is 1. The standard InChI is InChI=1S/C13H17FN2O3/c1-8-5-9(3-4-10(8)14)7-16(2)12(17)6-11(15)13(18)19/h3-5,11H,6-7,15H2,1-2H3,(H,18,19). The summed E-state index contributed by atoms with van der Waals surface area (Å²) in [5.41, 5.74) is 6.57. The van der Waals surface area contributed by atoms with Crippen LogP contribution in [-0.4, -0.2) is 35.0 Å². The number of benzene rings is 1. The molecule has 5 nitrogen and oxygen atoms in total. The molecule has 0 aromatic heterocycles. The highest BCUT2D eigenvalue weighted by Gasteiger charge is 2.19. The van der Waals surface area contributed by atoms with Gasteiger partial charge in [0, 0.05) is 13.6 Å². The van der Waals surface area contributed by atoms with Gasteiger partial charge in [-0.2, -0.15) is 0 Å². The molecule has 1 aromatic carbocycles. The number of carbonyl (C=O) groups is 2. The maximum atomic E-state index is 13.1. The SMILES string of the molecule is Cc1cc(CN(C)C(=O)CC(N)C(=O)O)ccc1F. The average molecular weight is 268 g/mol. The summed E-state index contributed by atoms with van der Waals surface area (Å²) in [5.74, 6) is -1.87. The normalized spacial score (nSPS) is 12.0. The molecule has 1 atom stereocenters. The molecular weight excluding hydrogens is 251 g/mol. The summed E-state index contributed by atoms with van der Waals surface area (Å²) < 4.78 is 13.1. The Morgan fingerprint density at radius 2 is 2.11 bits per heavy atom. The van der Waals surface area contributed by atoms with Crippen molar-refractivity contribution in [3.8, 4) is 0 Å². The lowest BCUT2D eigenvalue weighted by molar-refractivity contribution is -0.142. The predicted molar refractivity (Wildman–Crippen MR) is 67.8 cm³/mol. The van der Waals surface area contributed by atoms with Gasteiger partial charge in [-0.15, -0.1) is 0 Å². The van der Waals surface area contributed by atoms with Gasteiger partial charge in [-0.05, 0) is 24.1 Å². The van der Waals surface area contributed by atoms with Gasteiger partial charge >= 0.3 is 5.97 Å². The van der Waals surface area contributed by atoms with E-state index in [1.807, 2.05) is 0 Å². The molecule has 1 amide bonds. The van der Waals surface area contributed by atoms with Crippen LogP contribution in [0.1, 0.15) is 17.5 Å². The number of hydrogen-bond donors (Lipinski definition) is 2. The smallest absolute Gasteiger partial charge is 0.321 e. The molecule has 104 valence electrons. The largest absolute Gasteiger partial charge is 0.480 e. The minimum Gasteiger partial charge on any atom is -0.480 e. The summed E-state index contributed by atoms with van der Waals surface area (Å²) in [4.78, 5) is 23.7. The number of carboxylic acid groups (broad SMARTS) is 1. The average Bonchev–Trinajstić information content (AvgIpc) is 2.33. The molecule has 19 heavy (non-hydrogen) atoms. The van der Waals surface area contributed by atoms with E-state index in [1.165, 1.54) is 11.0 Å². The number of amides is 1. The van der Waals surface area contributed by atoms with Gasteiger partial charge < -0.3 is 15.7 Å². The maximum Gasteiger partial charge on any atom is 0.321 e. The number of nitrogens with zero attached hydrogens (tertiary/aromatic N) is 1. The van der Waals surface area contributed by atoms with Crippen molar-refractivity contribution in [1.29, 1.82) is 0 Å². The zero-order valence-electron chi connectivity index (χ0n) is 10.9. The van der Waals surface area contributed by atoms with Crippen LogP contribution in [-0.2, 0) is 16.1 Å². The molecule has 1 aromatic rings. The third kappa shape index (κ3) is 4.33. The fourth-order valence-electron chi connectivity index (χ4n) is 1.60. The topological polar surface area (TPSA) is 83.6 Å². The van der Waals surface area contributed by atoms with E-state index in [9.17, 15) is 14.0 Å². The first-order valence-electron chi connectivity index (χ1n) is 5.78. The van der Waals surface area contributed by atoms with Crippen molar-refractivity contribution in [2.24, 2.45) is 5.73 Å². The number of rotatable bonds is 5. The van der Waals surface area contributed by atoms with Crippen molar-refractivity contribution >= 4 is 11.9 Å². The third-order valence-corrected chi connectivity index (χ3v) is 2.78. The van der Waals surface area contributed by atoms with Crippen molar-refractivity contribution in [3.05, 3.63) is 35.1 Å². The molecule has 0 fully saturated rings. The van der Waals surface area contributed by atoms with Crippen LogP contribution in [0.25, 0.3) is 0 Å². The van der Waals surface area contributed by atoms with E-state index in [-0.39, 0.29) is 24.7 Å². The van der Waals surface area contributed by atoms with Gasteiger partial charge in [-0.1, -0.05) is 12.1 Å². The van der Waals surface area contributed by atoms with Crippen molar-refractivity contribution < 1.29 is 19.1 Å². The molecule has 0 radical (unpaired) electrons. The van der Waals surface area contributed by atoms with Crippen LogP contribution in [0, 0.1) is 12.7 Å². The molecule has 0 aliphatic carbocycles. The van der Waals surface area contributed by atoms with Crippen molar-refractivity contribution in [1.82, 2.24) is 4.90 Å². The molecule has 6 heteroatoms. The maximum absolute atomic E-state index is 13.1. The summed E-state index contributed by atoms with van der Waals surface area (Å²) in [6.45, 7) is 1.92. The van der Waals surface area contributed by atoms with E-state index >= 15 is 0 Å². The van der Waals surface area contributed by atoms with E-state index in [0.717, 1.165) is 5.56 Å². The van der Waals surface area contributed by atoms with E-state index < -0.39 is 12.0 Å². The van der Waals surface area contributed by atoms with E-state index in [4.69, 9.17) is 10.8 Å². The van der Waals surface area contributed by atoms with Crippen LogP contribution in [0.3, 0.4) is 0 Å². The van der Waals surface area contributed by atoms with Crippen LogP contribution >= 0.6 is 0 Å². The molecule has 1 rings (SSSR count). The fourth-order valence-corrected chi connectivity index (χ4v) is 1.60. The molecule has 0 aliphatic rings. The molecule has 0 saturated heterocycles. The van der Waals surface area contributed by atoms with Crippen LogP contribution in [0.2, 0.25) is 0 Å². The molecule has 0 spiro atoms. The molecule has 3 N–H and O–H groups in total. The van der Waals surface area contributed by atoms with Crippen LogP contribution in [0.4, 0.5) is 4.39 Å². The van der Waals surface area contributed by atoms with Gasteiger partial charge in [0.05, 0.1) is 6.42 Å². The third-order valence-electron chi connectivity index (χ3n) is 2.78. The highest BCUT2D eigenvalue weighted by molar-refractivity contribution is 5.84. The predicted octanol–water partition coefficient (Wildman–Crippen LogP) is 0.895. The monoisotopic (exact) mass is 268 g/mol. The van der Waals surface area contributed by atoms with Gasteiger partial charge in [0.15, 0.2) is 0 Å². The Kier molecular flexibility index (Phi) is 5.00. The number of hydrogen-bond acceptors (Lipinski definition) is 3.